The Bertz CT molecular complexity index is 319. The molecule has 0 aliphatic heterocycles. The third-order valence-corrected chi connectivity index (χ3v) is 4.44. The van der Waals surface area contributed by atoms with Crippen LogP contribution in [-0.2, 0) is 0 Å². The Morgan fingerprint density at radius 2 is 1.12 bits per heavy atom. The number of hydrogen-bond donors (Lipinski definition) is 0. The van der Waals surface area contributed by atoms with E-state index in [1.807, 2.05) is 34.6 Å². The van der Waals surface area contributed by atoms with Crippen molar-refractivity contribution in [3.05, 3.63) is 36.5 Å². The lowest BCUT2D eigenvalue weighted by atomic mass is 9.83. The molecule has 0 bridgehead atoms. The molecular weight excluding hydrogens is 288 g/mol. The monoisotopic (exact) mass is 336 g/mol. The van der Waals surface area contributed by atoms with Crippen molar-refractivity contribution in [2.24, 2.45) is 23.7 Å². The van der Waals surface area contributed by atoms with Gasteiger partial charge in [-0.2, -0.15) is 0 Å². The van der Waals surface area contributed by atoms with Crippen LogP contribution >= 0.6 is 0 Å². The van der Waals surface area contributed by atoms with Gasteiger partial charge in [-0.15, -0.1) is 0 Å². The average molecular weight is 337 g/mol. The summed E-state index contributed by atoms with van der Waals surface area (Å²) in [5.41, 5.74) is 2.32. The van der Waals surface area contributed by atoms with Crippen LogP contribution in [0.15, 0.2) is 36.5 Å². The van der Waals surface area contributed by atoms with Gasteiger partial charge >= 0.3 is 0 Å². The number of allylic oxidation sites excluding steroid dienone is 4. The lowest BCUT2D eigenvalue weighted by Crippen LogP contribution is -2.11. The van der Waals surface area contributed by atoms with E-state index in [1.165, 1.54) is 31.3 Å². The smallest absolute Gasteiger partial charge is 0.0196 e. The van der Waals surface area contributed by atoms with Gasteiger partial charge in [0.2, 0.25) is 0 Å². The highest BCUT2D eigenvalue weighted by Crippen LogP contribution is 2.27. The summed E-state index contributed by atoms with van der Waals surface area (Å²) in [7, 11) is 0. The van der Waals surface area contributed by atoms with E-state index in [0.717, 1.165) is 23.3 Å². The maximum absolute atomic E-state index is 4.18. The molecule has 0 aromatic heterocycles. The minimum absolute atomic E-state index is 0.574. The van der Waals surface area contributed by atoms with Crippen LogP contribution in [0.5, 0.6) is 0 Å². The molecule has 0 N–H and O–H groups in total. The Labute approximate surface area is 155 Å². The van der Waals surface area contributed by atoms with Gasteiger partial charge in [-0.1, -0.05) is 112 Å². The Balaban J connectivity index is -0.00000102. The molecule has 3 unspecified atom stereocenters. The summed E-state index contributed by atoms with van der Waals surface area (Å²) in [5, 5.41) is 0. The molecule has 0 fully saturated rings. The van der Waals surface area contributed by atoms with Crippen molar-refractivity contribution in [1.82, 2.24) is 0 Å². The summed E-state index contributed by atoms with van der Waals surface area (Å²) in [6.45, 7) is 29.8. The fourth-order valence-corrected chi connectivity index (χ4v) is 2.28. The molecule has 0 nitrogen and oxygen atoms in total. The summed E-state index contributed by atoms with van der Waals surface area (Å²) >= 11 is 0. The molecule has 0 saturated heterocycles. The topological polar surface area (TPSA) is 0 Å². The zero-order valence-corrected chi connectivity index (χ0v) is 18.7. The summed E-state index contributed by atoms with van der Waals surface area (Å²) < 4.78 is 0. The zero-order valence-electron chi connectivity index (χ0n) is 18.7. The normalized spacial score (nSPS) is 14.1. The van der Waals surface area contributed by atoms with Crippen LogP contribution in [0.25, 0.3) is 0 Å². The molecule has 0 amide bonds. The Kier molecular flexibility index (Phi) is 21.7. The molecule has 0 saturated carbocycles. The van der Waals surface area contributed by atoms with E-state index in [-0.39, 0.29) is 0 Å². The van der Waals surface area contributed by atoms with Crippen molar-refractivity contribution in [3.63, 3.8) is 0 Å². The SMILES string of the molecule is C=C(C)/C=C\C(=C)C(C)CCC(C)C(C)CCC(C)C.CC.CC. The summed E-state index contributed by atoms with van der Waals surface area (Å²) in [5.74, 6) is 3.05. The summed E-state index contributed by atoms with van der Waals surface area (Å²) in [6.07, 6.45) is 9.46. The summed E-state index contributed by atoms with van der Waals surface area (Å²) in [4.78, 5) is 0. The molecule has 0 radical (unpaired) electrons. The maximum Gasteiger partial charge on any atom is -0.0196 e. The molecule has 0 aromatic carbocycles. The largest absolute Gasteiger partial charge is 0.0961 e. The van der Waals surface area contributed by atoms with E-state index >= 15 is 0 Å². The molecular formula is C24H48. The first kappa shape index (κ1) is 28.0. The van der Waals surface area contributed by atoms with E-state index in [0.29, 0.717) is 5.92 Å². The van der Waals surface area contributed by atoms with Gasteiger partial charge in [0.25, 0.3) is 0 Å². The van der Waals surface area contributed by atoms with Crippen molar-refractivity contribution in [2.75, 3.05) is 0 Å². The van der Waals surface area contributed by atoms with Crippen LogP contribution in [-0.4, -0.2) is 0 Å². The van der Waals surface area contributed by atoms with Crippen molar-refractivity contribution in [2.45, 2.75) is 94.9 Å². The molecule has 0 aliphatic rings. The third kappa shape index (κ3) is 17.6. The predicted octanol–water partition coefficient (Wildman–Crippen LogP) is 8.85. The zero-order chi connectivity index (χ0) is 19.7. The second kappa shape index (κ2) is 18.6. The maximum atomic E-state index is 4.18. The lowest BCUT2D eigenvalue weighted by molar-refractivity contribution is 0.306. The first-order valence-electron chi connectivity index (χ1n) is 10.3. The molecule has 0 rings (SSSR count). The Morgan fingerprint density at radius 3 is 1.50 bits per heavy atom. The molecule has 144 valence electrons. The molecule has 0 heterocycles. The van der Waals surface area contributed by atoms with Crippen LogP contribution in [0, 0.1) is 23.7 Å². The first-order valence-corrected chi connectivity index (χ1v) is 10.3. The van der Waals surface area contributed by atoms with Gasteiger partial charge in [0, 0.05) is 0 Å². The third-order valence-electron chi connectivity index (χ3n) is 4.44. The second-order valence-corrected chi connectivity index (χ2v) is 7.16. The van der Waals surface area contributed by atoms with Gasteiger partial charge in [-0.05, 0) is 43.4 Å². The number of rotatable bonds is 10. The van der Waals surface area contributed by atoms with E-state index < -0.39 is 0 Å². The minimum atomic E-state index is 0.574. The van der Waals surface area contributed by atoms with Gasteiger partial charge in [0.15, 0.2) is 0 Å². The van der Waals surface area contributed by atoms with Gasteiger partial charge in [0.05, 0.1) is 0 Å². The van der Waals surface area contributed by atoms with Gasteiger partial charge < -0.3 is 0 Å². The Morgan fingerprint density at radius 1 is 0.708 bits per heavy atom. The fraction of sp³-hybridized carbons (Fsp3) is 0.750. The molecule has 0 aliphatic carbocycles. The standard InChI is InChI=1S/C20H36.2C2H6/c1-15(2)9-11-17(5)19(7)13-14-20(8)18(6)12-10-16(3)4;2*1-2/h9,11,16,18-20H,1,5,10,12-14H2,2-4,6-8H3;2*1-2H3/b11-9-;;. The van der Waals surface area contributed by atoms with Crippen LogP contribution in [0.1, 0.15) is 94.9 Å². The van der Waals surface area contributed by atoms with Crippen LogP contribution in [0.4, 0.5) is 0 Å². The second-order valence-electron chi connectivity index (χ2n) is 7.16. The highest BCUT2D eigenvalue weighted by atomic mass is 14.2. The first-order chi connectivity index (χ1) is 11.2. The van der Waals surface area contributed by atoms with E-state index in [2.05, 4.69) is 59.9 Å². The molecule has 0 heteroatoms. The van der Waals surface area contributed by atoms with Crippen LogP contribution in [0.2, 0.25) is 0 Å². The molecule has 0 aromatic rings. The minimum Gasteiger partial charge on any atom is -0.0961 e. The summed E-state index contributed by atoms with van der Waals surface area (Å²) in [6, 6.07) is 0. The average Bonchev–Trinajstić information content (AvgIpc) is 2.58. The Hall–Kier alpha value is -0.780. The van der Waals surface area contributed by atoms with Gasteiger partial charge in [-0.3, -0.25) is 0 Å². The van der Waals surface area contributed by atoms with Crippen molar-refractivity contribution in [3.8, 4) is 0 Å². The quantitative estimate of drug-likeness (QED) is 0.349. The van der Waals surface area contributed by atoms with E-state index in [1.54, 1.807) is 0 Å². The van der Waals surface area contributed by atoms with Crippen LogP contribution in [0.3, 0.4) is 0 Å². The molecule has 24 heavy (non-hydrogen) atoms. The van der Waals surface area contributed by atoms with Crippen LogP contribution < -0.4 is 0 Å². The van der Waals surface area contributed by atoms with Crippen molar-refractivity contribution >= 4 is 0 Å². The molecule has 3 atom stereocenters. The highest BCUT2D eigenvalue weighted by molar-refractivity contribution is 5.24. The van der Waals surface area contributed by atoms with E-state index in [4.69, 9.17) is 0 Å². The predicted molar refractivity (Wildman–Crippen MR) is 117 cm³/mol. The van der Waals surface area contributed by atoms with Gasteiger partial charge in [0.1, 0.15) is 0 Å². The fourth-order valence-electron chi connectivity index (χ4n) is 2.28. The van der Waals surface area contributed by atoms with Crippen molar-refractivity contribution < 1.29 is 0 Å². The molecule has 0 spiro atoms. The highest BCUT2D eigenvalue weighted by Gasteiger charge is 2.14. The lowest BCUT2D eigenvalue weighted by Gasteiger charge is -2.22. The van der Waals surface area contributed by atoms with Gasteiger partial charge in [-0.25, -0.2) is 0 Å². The van der Waals surface area contributed by atoms with Crippen molar-refractivity contribution in [1.29, 1.82) is 0 Å². The number of hydrogen-bond acceptors (Lipinski definition) is 0. The van der Waals surface area contributed by atoms with E-state index in [9.17, 15) is 0 Å².